The summed E-state index contributed by atoms with van der Waals surface area (Å²) in [5.41, 5.74) is 7.57. The van der Waals surface area contributed by atoms with Gasteiger partial charge in [-0.1, -0.05) is 24.3 Å². The maximum Gasteiger partial charge on any atom is 0.296 e. The summed E-state index contributed by atoms with van der Waals surface area (Å²) in [6.07, 6.45) is 2.62. The van der Waals surface area contributed by atoms with Crippen molar-refractivity contribution in [2.75, 3.05) is 17.7 Å². The van der Waals surface area contributed by atoms with Gasteiger partial charge in [0.15, 0.2) is 21.3 Å². The summed E-state index contributed by atoms with van der Waals surface area (Å²) in [4.78, 5) is -5.18. The molecule has 31 heteroatoms. The highest BCUT2D eigenvalue weighted by molar-refractivity contribution is 7.91. The highest BCUT2D eigenvalue weighted by Crippen LogP contribution is 2.46. The van der Waals surface area contributed by atoms with Crippen LogP contribution in [0.1, 0.15) is 11.1 Å². The van der Waals surface area contributed by atoms with Crippen LogP contribution in [-0.4, -0.2) is 89.7 Å². The minimum Gasteiger partial charge on any atom is -0.505 e. The molecule has 11 N–H and O–H groups in total. The summed E-state index contributed by atoms with van der Waals surface area (Å²) < 4.78 is 196. The van der Waals surface area contributed by atoms with Gasteiger partial charge < -0.3 is 21.7 Å². The van der Waals surface area contributed by atoms with Crippen LogP contribution >= 0.6 is 0 Å². The molecule has 0 spiro atoms. The zero-order valence-electron chi connectivity index (χ0n) is 32.5. The number of benzene rings is 6. The summed E-state index contributed by atoms with van der Waals surface area (Å²) in [6, 6.07) is 10.2. The molecule has 0 bridgehead atoms. The van der Waals surface area contributed by atoms with Crippen LogP contribution in [0.15, 0.2) is 123 Å². The Bertz CT molecular complexity index is 3660. The van der Waals surface area contributed by atoms with Crippen LogP contribution in [0.5, 0.6) is 11.5 Å². The van der Waals surface area contributed by atoms with Crippen LogP contribution in [0.4, 0.5) is 34.1 Å². The largest absolute Gasteiger partial charge is 0.505 e. The van der Waals surface area contributed by atoms with Crippen LogP contribution in [0, 0.1) is 0 Å². The standard InChI is InChI=1S/C35H28N6O19S6/c1-61(44,45)28-10-18-8-22(62(46,47)48)14-24(36)30(18)34(42)32(28)40-38-20-6-4-16(26(12-20)64(52,53)54)2-3-17-5-7-21(13-27(17)65(55,56)57)39-41-33-29(66(58,59)60)11-19-9-23(63(49,50)51)15-25(37)31(19)35(33)43/h2-15,42-43H,36-37H2,1H3,(H,46,47,48)(H,49,50,51)(H,52,53,54)(H,55,56,57)(H,58,59,60)/b3-2+,40-38+,41-39+. The number of hydrogen-bond donors (Lipinski definition) is 9. The lowest BCUT2D eigenvalue weighted by Crippen LogP contribution is -2.02. The van der Waals surface area contributed by atoms with E-state index in [1.54, 1.807) is 0 Å². The fourth-order valence-corrected chi connectivity index (χ4v) is 10.2. The van der Waals surface area contributed by atoms with E-state index in [2.05, 4.69) is 20.5 Å². The van der Waals surface area contributed by atoms with Gasteiger partial charge in [-0.3, -0.25) is 22.8 Å². The maximum atomic E-state index is 12.7. The van der Waals surface area contributed by atoms with Gasteiger partial charge in [-0.25, -0.2) is 8.42 Å². The SMILES string of the molecule is CS(=O)(=O)c1cc2cc(S(=O)(=O)O)cc(N)c2c(O)c1/N=N/c1ccc(/C=C/c2ccc(/N=N/c3c(S(=O)(=O)O)cc4cc(S(=O)(=O)O)cc(N)c4c3O)cc2S(=O)(=O)O)c(S(=O)(=O)O)c1. The van der Waals surface area contributed by atoms with Gasteiger partial charge in [0, 0.05) is 28.4 Å². The van der Waals surface area contributed by atoms with Crippen LogP contribution in [-0.2, 0) is 60.4 Å². The first-order chi connectivity index (χ1) is 30.2. The van der Waals surface area contributed by atoms with Crippen LogP contribution in [0.25, 0.3) is 33.7 Å². The minimum atomic E-state index is -5.28. The van der Waals surface area contributed by atoms with Crippen LogP contribution in [0.3, 0.4) is 0 Å². The Kier molecular flexibility index (Phi) is 12.4. The van der Waals surface area contributed by atoms with E-state index in [1.165, 1.54) is 0 Å². The molecule has 0 saturated carbocycles. The van der Waals surface area contributed by atoms with Gasteiger partial charge >= 0.3 is 0 Å². The second-order valence-electron chi connectivity index (χ2n) is 13.7. The number of rotatable bonds is 12. The lowest BCUT2D eigenvalue weighted by molar-refractivity contribution is 0.472. The Labute approximate surface area is 372 Å². The molecule has 0 atom stereocenters. The monoisotopic (exact) mass is 1030 g/mol. The summed E-state index contributed by atoms with van der Waals surface area (Å²) in [6.45, 7) is 0. The molecule has 0 aliphatic carbocycles. The third-order valence-electron chi connectivity index (χ3n) is 9.10. The molecule has 0 heterocycles. The smallest absolute Gasteiger partial charge is 0.296 e. The van der Waals surface area contributed by atoms with Crippen molar-refractivity contribution in [1.82, 2.24) is 0 Å². The Morgan fingerprint density at radius 3 is 1.12 bits per heavy atom. The predicted molar refractivity (Wildman–Crippen MR) is 232 cm³/mol. The lowest BCUT2D eigenvalue weighted by atomic mass is 10.1. The molecule has 25 nitrogen and oxygen atoms in total. The van der Waals surface area contributed by atoms with Gasteiger partial charge in [-0.15, -0.1) is 10.2 Å². The molecule has 6 aromatic carbocycles. The number of phenolic OH excluding ortho intramolecular Hbond substituents is 2. The highest BCUT2D eigenvalue weighted by Gasteiger charge is 2.27. The molecule has 348 valence electrons. The van der Waals surface area contributed by atoms with E-state index in [-0.39, 0.29) is 27.6 Å². The molecule has 0 saturated heterocycles. The molecule has 0 amide bonds. The fraction of sp³-hybridized carbons (Fsp3) is 0.0286. The van der Waals surface area contributed by atoms with Crippen molar-refractivity contribution in [3.8, 4) is 11.5 Å². The second kappa shape index (κ2) is 16.7. The van der Waals surface area contributed by atoms with E-state index in [0.717, 1.165) is 72.8 Å². The Morgan fingerprint density at radius 2 is 0.788 bits per heavy atom. The molecule has 0 aliphatic heterocycles. The predicted octanol–water partition coefficient (Wildman–Crippen LogP) is 5.21. The summed E-state index contributed by atoms with van der Waals surface area (Å²) in [5, 5.41) is 35.5. The first kappa shape index (κ1) is 48.9. The van der Waals surface area contributed by atoms with E-state index in [1.807, 2.05) is 0 Å². The van der Waals surface area contributed by atoms with Crippen molar-refractivity contribution in [3.63, 3.8) is 0 Å². The molecule has 6 aromatic rings. The molecular weight excluding hydrogens is 1000 g/mol. The Morgan fingerprint density at radius 1 is 0.439 bits per heavy atom. The minimum absolute atomic E-state index is 0.245. The number of phenols is 2. The summed E-state index contributed by atoms with van der Waals surface area (Å²) in [7, 11) is -29.6. The zero-order valence-corrected chi connectivity index (χ0v) is 37.4. The maximum absolute atomic E-state index is 12.7. The number of nitrogens with two attached hydrogens (primary N) is 2. The van der Waals surface area contributed by atoms with Gasteiger partial charge in [0.25, 0.3) is 50.6 Å². The number of nitrogens with zero attached hydrogens (tertiary/aromatic N) is 4. The molecular formula is C35H28N6O19S6. The van der Waals surface area contributed by atoms with E-state index in [4.69, 9.17) is 11.5 Å². The van der Waals surface area contributed by atoms with Crippen LogP contribution in [0.2, 0.25) is 0 Å². The molecule has 0 fully saturated rings. The molecule has 6 rings (SSSR count). The third kappa shape index (κ3) is 10.1. The first-order valence-corrected chi connectivity index (χ1v) is 26.3. The van der Waals surface area contributed by atoms with E-state index >= 15 is 0 Å². The molecule has 0 aromatic heterocycles. The molecule has 0 aliphatic rings. The van der Waals surface area contributed by atoms with Crippen molar-refractivity contribution in [2.24, 2.45) is 20.5 Å². The molecule has 66 heavy (non-hydrogen) atoms. The quantitative estimate of drug-likeness (QED) is 0.0329. The number of hydrogen-bond acceptors (Lipinski definition) is 20. The van der Waals surface area contributed by atoms with Crippen molar-refractivity contribution in [3.05, 3.63) is 83.9 Å². The van der Waals surface area contributed by atoms with E-state index in [0.29, 0.717) is 18.4 Å². The number of fused-ring (bicyclic) bond motifs is 2. The van der Waals surface area contributed by atoms with Crippen molar-refractivity contribution in [1.29, 1.82) is 0 Å². The highest BCUT2D eigenvalue weighted by atomic mass is 32.2. The lowest BCUT2D eigenvalue weighted by Gasteiger charge is -2.12. The zero-order chi connectivity index (χ0) is 49.3. The first-order valence-electron chi connectivity index (χ1n) is 17.2. The Hall–Kier alpha value is -6.52. The number of aromatic hydroxyl groups is 2. The van der Waals surface area contributed by atoms with Gasteiger partial charge in [-0.2, -0.15) is 52.3 Å². The average molecular weight is 1030 g/mol. The number of anilines is 2. The van der Waals surface area contributed by atoms with Crippen molar-refractivity contribution in [2.45, 2.75) is 29.4 Å². The van der Waals surface area contributed by atoms with Crippen molar-refractivity contribution >= 4 is 128 Å². The topological polar surface area (TPSA) is 448 Å². The average Bonchev–Trinajstić information content (AvgIpc) is 3.16. The van der Waals surface area contributed by atoms with Gasteiger partial charge in [0.05, 0.1) is 26.1 Å². The van der Waals surface area contributed by atoms with Gasteiger partial charge in [0.2, 0.25) is 0 Å². The number of azo groups is 2. The third-order valence-corrected chi connectivity index (χ3v) is 14.6. The normalized spacial score (nSPS) is 13.5. The van der Waals surface area contributed by atoms with Gasteiger partial charge in [0.1, 0.15) is 26.1 Å². The van der Waals surface area contributed by atoms with E-state index < -0.39 is 141 Å². The number of sulfone groups is 1. The van der Waals surface area contributed by atoms with Crippen molar-refractivity contribution < 1.29 is 83.5 Å². The fourth-order valence-electron chi connectivity index (χ4n) is 6.24. The second-order valence-corrected chi connectivity index (χ2v) is 22.7. The number of nitrogen functional groups attached to an aromatic ring is 2. The van der Waals surface area contributed by atoms with Gasteiger partial charge in [-0.05, 0) is 82.6 Å². The van der Waals surface area contributed by atoms with Crippen LogP contribution < -0.4 is 11.5 Å². The summed E-state index contributed by atoms with van der Waals surface area (Å²) in [5.74, 6) is -1.97. The Balaban J connectivity index is 1.40. The molecule has 0 radical (unpaired) electrons. The van der Waals surface area contributed by atoms with E-state index in [9.17, 15) is 83.5 Å². The molecule has 0 unspecified atom stereocenters. The summed E-state index contributed by atoms with van der Waals surface area (Å²) >= 11 is 0.